The van der Waals surface area contributed by atoms with Gasteiger partial charge in [0.2, 0.25) is 0 Å². The summed E-state index contributed by atoms with van der Waals surface area (Å²) in [4.78, 5) is 0. The smallest absolute Gasteiger partial charge is 0.0824 e. The van der Waals surface area contributed by atoms with Crippen LogP contribution < -0.4 is 0 Å². The van der Waals surface area contributed by atoms with Crippen LogP contribution in [0, 0.1) is 40.4 Å². The first kappa shape index (κ1) is 26.5. The van der Waals surface area contributed by atoms with Gasteiger partial charge in [-0.1, -0.05) is 78.0 Å². The van der Waals surface area contributed by atoms with E-state index < -0.39 is 0 Å². The van der Waals surface area contributed by atoms with Gasteiger partial charge in [0, 0.05) is 12.5 Å². The number of aliphatic hydroxyl groups excluding tert-OH is 1. The predicted molar refractivity (Wildman–Crippen MR) is 141 cm³/mol. The molecular weight excluding hydrogens is 404 g/mol. The van der Waals surface area contributed by atoms with Crippen molar-refractivity contribution in [1.29, 1.82) is 0 Å². The summed E-state index contributed by atoms with van der Waals surface area (Å²) in [5.41, 5.74) is 4.66. The van der Waals surface area contributed by atoms with E-state index in [4.69, 9.17) is 4.74 Å². The molecule has 0 aromatic carbocycles. The number of rotatable bonds is 7. The summed E-state index contributed by atoms with van der Waals surface area (Å²) < 4.78 is 5.71. The van der Waals surface area contributed by atoms with Gasteiger partial charge in [-0.2, -0.15) is 0 Å². The zero-order valence-corrected chi connectivity index (χ0v) is 22.5. The van der Waals surface area contributed by atoms with Gasteiger partial charge in [0.1, 0.15) is 0 Å². The number of ether oxygens (including phenoxy) is 1. The highest BCUT2D eigenvalue weighted by atomic mass is 16.5. The van der Waals surface area contributed by atoms with Crippen LogP contribution >= 0.6 is 0 Å². The van der Waals surface area contributed by atoms with Crippen LogP contribution in [0.3, 0.4) is 0 Å². The van der Waals surface area contributed by atoms with Crippen molar-refractivity contribution in [3.8, 4) is 0 Å². The average molecular weight is 455 g/mol. The molecule has 0 aromatic rings. The van der Waals surface area contributed by atoms with Gasteiger partial charge in [0.25, 0.3) is 0 Å². The first-order valence-corrected chi connectivity index (χ1v) is 13.4. The van der Waals surface area contributed by atoms with E-state index in [1.165, 1.54) is 56.1 Å². The summed E-state index contributed by atoms with van der Waals surface area (Å²) >= 11 is 0. The number of hydrogen-bond acceptors (Lipinski definition) is 2. The fourth-order valence-electron chi connectivity index (χ4n) is 7.34. The Hall–Kier alpha value is -1.12. The maximum absolute atomic E-state index is 9.76. The zero-order valence-electron chi connectivity index (χ0n) is 22.5. The van der Waals surface area contributed by atoms with Gasteiger partial charge in [0.05, 0.1) is 12.7 Å². The Kier molecular flexibility index (Phi) is 8.55. The van der Waals surface area contributed by atoms with Crippen LogP contribution in [-0.4, -0.2) is 24.9 Å². The Labute approximate surface area is 204 Å². The molecule has 0 bridgehead atoms. The third-order valence-corrected chi connectivity index (χ3v) is 9.52. The second-order valence-electron chi connectivity index (χ2n) is 12.5. The summed E-state index contributed by atoms with van der Waals surface area (Å²) in [5, 5.41) is 9.76. The van der Waals surface area contributed by atoms with Crippen molar-refractivity contribution in [2.75, 3.05) is 13.7 Å². The highest BCUT2D eigenvalue weighted by Crippen LogP contribution is 2.59. The first-order chi connectivity index (χ1) is 15.5. The van der Waals surface area contributed by atoms with Crippen LogP contribution in [0.1, 0.15) is 86.5 Å². The van der Waals surface area contributed by atoms with Crippen molar-refractivity contribution >= 4 is 0 Å². The van der Waals surface area contributed by atoms with Crippen molar-refractivity contribution in [3.63, 3.8) is 0 Å². The summed E-state index contributed by atoms with van der Waals surface area (Å²) in [6, 6.07) is 0. The molecule has 186 valence electrons. The van der Waals surface area contributed by atoms with E-state index in [9.17, 15) is 5.11 Å². The summed E-state index contributed by atoms with van der Waals surface area (Å²) in [5.74, 6) is 3.31. The molecule has 3 rings (SSSR count). The van der Waals surface area contributed by atoms with Crippen LogP contribution in [0.15, 0.2) is 47.6 Å². The van der Waals surface area contributed by atoms with E-state index in [0.717, 1.165) is 5.92 Å². The molecule has 0 spiro atoms. The van der Waals surface area contributed by atoms with E-state index in [-0.39, 0.29) is 18.1 Å². The molecule has 3 aliphatic carbocycles. The molecule has 3 unspecified atom stereocenters. The van der Waals surface area contributed by atoms with E-state index in [2.05, 4.69) is 72.4 Å². The minimum Gasteiger partial charge on any atom is -0.396 e. The Morgan fingerprint density at radius 3 is 2.61 bits per heavy atom. The normalized spacial score (nSPS) is 37.6. The van der Waals surface area contributed by atoms with Crippen molar-refractivity contribution in [2.24, 2.45) is 40.4 Å². The SMILES string of the molecule is C=C1/C(=C\C=C2/CCC[C@@]3(C)C2CCC3[C@H](C)/C=C/C(OC)C(C)(C)CO)C[C@@H](C)C[C@@H]1C. The Bertz CT molecular complexity index is 785. The van der Waals surface area contributed by atoms with Gasteiger partial charge in [-0.15, -0.1) is 0 Å². The summed E-state index contributed by atoms with van der Waals surface area (Å²) in [6.45, 7) is 18.4. The fourth-order valence-corrected chi connectivity index (χ4v) is 7.34. The molecule has 2 nitrogen and oxygen atoms in total. The van der Waals surface area contributed by atoms with Gasteiger partial charge < -0.3 is 9.84 Å². The van der Waals surface area contributed by atoms with E-state index in [1.807, 2.05) is 0 Å². The van der Waals surface area contributed by atoms with E-state index in [1.54, 1.807) is 12.7 Å². The molecule has 3 fully saturated rings. The molecule has 0 radical (unpaired) electrons. The molecule has 33 heavy (non-hydrogen) atoms. The van der Waals surface area contributed by atoms with Gasteiger partial charge in [-0.3, -0.25) is 0 Å². The topological polar surface area (TPSA) is 29.5 Å². The first-order valence-electron chi connectivity index (χ1n) is 13.4. The van der Waals surface area contributed by atoms with Gasteiger partial charge in [0.15, 0.2) is 0 Å². The highest BCUT2D eigenvalue weighted by molar-refractivity contribution is 5.37. The lowest BCUT2D eigenvalue weighted by Crippen LogP contribution is -2.36. The van der Waals surface area contributed by atoms with E-state index >= 15 is 0 Å². The molecule has 0 saturated heterocycles. The number of allylic oxidation sites excluding steroid dienone is 6. The van der Waals surface area contributed by atoms with Crippen LogP contribution in [0.5, 0.6) is 0 Å². The molecule has 0 heterocycles. The maximum Gasteiger partial charge on any atom is 0.0824 e. The second-order valence-corrected chi connectivity index (χ2v) is 12.5. The molecule has 0 amide bonds. The van der Waals surface area contributed by atoms with Crippen LogP contribution in [-0.2, 0) is 4.74 Å². The third kappa shape index (κ3) is 5.59. The second kappa shape index (κ2) is 10.6. The van der Waals surface area contributed by atoms with E-state index in [0.29, 0.717) is 29.1 Å². The van der Waals surface area contributed by atoms with Crippen LogP contribution in [0.25, 0.3) is 0 Å². The molecule has 7 atom stereocenters. The number of methoxy groups -OCH3 is 1. The third-order valence-electron chi connectivity index (χ3n) is 9.52. The lowest BCUT2D eigenvalue weighted by Gasteiger charge is -2.44. The number of aliphatic hydroxyl groups is 1. The number of fused-ring (bicyclic) bond motifs is 1. The fraction of sp³-hybridized carbons (Fsp3) is 0.742. The summed E-state index contributed by atoms with van der Waals surface area (Å²) in [7, 11) is 1.75. The molecule has 3 saturated carbocycles. The van der Waals surface area contributed by atoms with Crippen molar-refractivity contribution in [2.45, 2.75) is 92.6 Å². The average Bonchev–Trinajstić information content (AvgIpc) is 3.12. The largest absolute Gasteiger partial charge is 0.396 e. The Morgan fingerprint density at radius 1 is 1.21 bits per heavy atom. The van der Waals surface area contributed by atoms with Crippen LogP contribution in [0.2, 0.25) is 0 Å². The molecule has 3 aliphatic rings. The standard InChI is InChI=1S/C31H50O2/c1-21-18-23(3)24(4)26(19-21)13-12-25-10-9-17-31(7)27(14-15-28(25)31)22(2)11-16-29(33-8)30(5,6)20-32/h11-13,16,21-23,27-29,32H,4,9-10,14-15,17-20H2,1-3,5-8H3/b16-11+,25-12+,26-13-/t21-,22+,23-,27?,28?,29?,31+/m0/s1. The van der Waals surface area contributed by atoms with Crippen molar-refractivity contribution in [3.05, 3.63) is 47.6 Å². The van der Waals surface area contributed by atoms with Gasteiger partial charge >= 0.3 is 0 Å². The molecule has 0 aliphatic heterocycles. The minimum atomic E-state index is -0.264. The number of hydrogen-bond donors (Lipinski definition) is 1. The molecular formula is C31H50O2. The lowest BCUT2D eigenvalue weighted by atomic mass is 9.61. The predicted octanol–water partition coefficient (Wildman–Crippen LogP) is 7.90. The van der Waals surface area contributed by atoms with Crippen LogP contribution in [0.4, 0.5) is 0 Å². The van der Waals surface area contributed by atoms with Gasteiger partial charge in [-0.05, 0) is 91.1 Å². The highest BCUT2D eigenvalue weighted by Gasteiger charge is 2.50. The quantitative estimate of drug-likeness (QED) is 0.396. The van der Waals surface area contributed by atoms with Crippen molar-refractivity contribution < 1.29 is 9.84 Å². The maximum atomic E-state index is 9.76. The lowest BCUT2D eigenvalue weighted by molar-refractivity contribution is 0.00582. The van der Waals surface area contributed by atoms with Crippen molar-refractivity contribution in [1.82, 2.24) is 0 Å². The Balaban J connectivity index is 1.76. The molecule has 2 heteroatoms. The summed E-state index contributed by atoms with van der Waals surface area (Å²) in [6.07, 6.45) is 18.5. The minimum absolute atomic E-state index is 0.0585. The Morgan fingerprint density at radius 2 is 1.94 bits per heavy atom. The monoisotopic (exact) mass is 454 g/mol. The molecule has 0 aromatic heterocycles. The van der Waals surface area contributed by atoms with Gasteiger partial charge in [-0.25, -0.2) is 0 Å². The molecule has 1 N–H and O–H groups in total. The zero-order chi connectivity index (χ0) is 24.4.